The van der Waals surface area contributed by atoms with Crippen molar-refractivity contribution in [3.05, 3.63) is 55.1 Å². The minimum Gasteiger partial charge on any atom is -0.469 e. The van der Waals surface area contributed by atoms with Crippen molar-refractivity contribution < 1.29 is 23.5 Å². The molecule has 0 aliphatic carbocycles. The number of amides is 1. The van der Waals surface area contributed by atoms with E-state index in [0.717, 1.165) is 58.0 Å². The summed E-state index contributed by atoms with van der Waals surface area (Å²) in [5.74, 6) is 1.06. The van der Waals surface area contributed by atoms with Gasteiger partial charge < -0.3 is 10.1 Å². The van der Waals surface area contributed by atoms with E-state index in [2.05, 4.69) is 33.0 Å². The molecule has 0 aliphatic heterocycles. The molecule has 9 heteroatoms. The Kier molecular flexibility index (Phi) is 10.7. The molecule has 0 spiro atoms. The second kappa shape index (κ2) is 14.2. The molecular weight excluding hydrogens is 456 g/mol. The van der Waals surface area contributed by atoms with Crippen molar-refractivity contribution in [3.8, 4) is 11.6 Å². The van der Waals surface area contributed by atoms with Crippen molar-refractivity contribution in [1.82, 2.24) is 19.4 Å². The Morgan fingerprint density at radius 3 is 2.00 bits per heavy atom. The first-order chi connectivity index (χ1) is 17.5. The van der Waals surface area contributed by atoms with Crippen LogP contribution in [-0.2, 0) is 22.6 Å². The van der Waals surface area contributed by atoms with Gasteiger partial charge in [-0.15, -0.1) is 0 Å². The van der Waals surface area contributed by atoms with Gasteiger partial charge in [-0.25, -0.2) is 9.13 Å². The fraction of sp³-hybridized carbons (Fsp3) is 0.519. The number of pyridine rings is 1. The number of aryl methyl sites for hydroxylation is 2. The van der Waals surface area contributed by atoms with Crippen LogP contribution in [-0.4, -0.2) is 39.6 Å². The van der Waals surface area contributed by atoms with E-state index >= 15 is 0 Å². The number of unbranched alkanes of at least 4 members (excludes halogenated alkanes) is 4. The lowest BCUT2D eigenvalue weighted by molar-refractivity contribution is -0.696. The molecule has 0 atom stereocenters. The number of rotatable bonds is 15. The monoisotopic (exact) mass is 496 g/mol. The van der Waals surface area contributed by atoms with E-state index in [-0.39, 0.29) is 11.9 Å². The zero-order valence-electron chi connectivity index (χ0n) is 21.9. The number of ether oxygens (including phenoxy) is 1. The van der Waals surface area contributed by atoms with Crippen molar-refractivity contribution in [2.75, 3.05) is 13.7 Å². The number of carbonyl (C=O) groups is 2. The smallest absolute Gasteiger partial charge is 0.305 e. The Labute approximate surface area is 213 Å². The highest BCUT2D eigenvalue weighted by Gasteiger charge is 2.18. The summed E-state index contributed by atoms with van der Waals surface area (Å²) in [5.41, 5.74) is 0.562. The van der Waals surface area contributed by atoms with Crippen molar-refractivity contribution in [1.29, 1.82) is 0 Å². The zero-order valence-corrected chi connectivity index (χ0v) is 21.9. The number of methoxy groups -OCH3 is 1. The highest BCUT2D eigenvalue weighted by molar-refractivity contribution is 5.95. The van der Waals surface area contributed by atoms with Crippen molar-refractivity contribution in [3.63, 3.8) is 0 Å². The lowest BCUT2D eigenvalue weighted by atomic mass is 10.2. The molecule has 0 bridgehead atoms. The van der Waals surface area contributed by atoms with Gasteiger partial charge in [0.1, 0.15) is 24.8 Å². The lowest BCUT2D eigenvalue weighted by Crippen LogP contribution is -2.31. The third-order valence-electron chi connectivity index (χ3n) is 6.08. The molecule has 0 saturated heterocycles. The Hall–Kier alpha value is -3.49. The number of imidazole rings is 2. The van der Waals surface area contributed by atoms with Gasteiger partial charge in [0.25, 0.3) is 5.91 Å². The molecule has 0 radical (unpaired) electrons. The van der Waals surface area contributed by atoms with Gasteiger partial charge >= 0.3 is 5.97 Å². The van der Waals surface area contributed by atoms with Gasteiger partial charge in [-0.1, -0.05) is 33.1 Å². The van der Waals surface area contributed by atoms with Crippen LogP contribution in [0.5, 0.6) is 0 Å². The fourth-order valence-corrected chi connectivity index (χ4v) is 3.88. The van der Waals surface area contributed by atoms with Crippen LogP contribution in [0.3, 0.4) is 0 Å². The molecule has 0 saturated carbocycles. The molecule has 194 valence electrons. The highest BCUT2D eigenvalue weighted by atomic mass is 16.5. The average Bonchev–Trinajstić information content (AvgIpc) is 3.57. The van der Waals surface area contributed by atoms with Crippen LogP contribution in [0, 0.1) is 0 Å². The summed E-state index contributed by atoms with van der Waals surface area (Å²) in [6.45, 7) is 6.80. The Morgan fingerprint density at radius 2 is 1.47 bits per heavy atom. The van der Waals surface area contributed by atoms with E-state index in [4.69, 9.17) is 4.98 Å². The molecule has 3 aromatic heterocycles. The van der Waals surface area contributed by atoms with Gasteiger partial charge in [0.2, 0.25) is 24.3 Å². The van der Waals surface area contributed by atoms with Crippen LogP contribution in [0.25, 0.3) is 11.6 Å². The highest BCUT2D eigenvalue weighted by Crippen LogP contribution is 2.14. The molecule has 3 aromatic rings. The Bertz CT molecular complexity index is 1060. The number of aromatic nitrogens is 5. The van der Waals surface area contributed by atoms with Gasteiger partial charge in [0, 0.05) is 25.1 Å². The molecule has 0 fully saturated rings. The van der Waals surface area contributed by atoms with Crippen molar-refractivity contribution >= 4 is 11.9 Å². The maximum Gasteiger partial charge on any atom is 0.305 e. The maximum atomic E-state index is 13.1. The standard InChI is InChI=1S/C27H39N6O3/c1-4-6-13-30-15-17-32(21-30)24-19-23(27(35)28-12-10-8-9-11-26(34)36-3)20-25(29-24)33-18-16-31(22-33)14-7-5-2/h15-22H,4-14H2,1-3H3/q+1/p+1. The molecule has 1 amide bonds. The number of hydrogen-bond donors (Lipinski definition) is 1. The number of esters is 1. The SMILES string of the molecule is CCCC[n+]1ccn(-c2cc(C(=O)NCCCCCC(=O)OC)cc(-n3cc[n+](CCCC)c3)n2)c1. The van der Waals surface area contributed by atoms with Crippen molar-refractivity contribution in [2.45, 2.75) is 78.3 Å². The fourth-order valence-electron chi connectivity index (χ4n) is 3.88. The predicted octanol–water partition coefficient (Wildman–Crippen LogP) is 3.30. The number of nitrogens with zero attached hydrogens (tertiary/aromatic N) is 5. The molecule has 3 rings (SSSR count). The first-order valence-corrected chi connectivity index (χ1v) is 13.1. The lowest BCUT2D eigenvalue weighted by Gasteiger charge is -2.07. The third-order valence-corrected chi connectivity index (χ3v) is 6.08. The summed E-state index contributed by atoms with van der Waals surface area (Å²) in [5, 5.41) is 3.01. The molecule has 36 heavy (non-hydrogen) atoms. The summed E-state index contributed by atoms with van der Waals surface area (Å²) in [7, 11) is 1.40. The molecular formula is C27H40N6O3+2. The Morgan fingerprint density at radius 1 is 0.889 bits per heavy atom. The van der Waals surface area contributed by atoms with Crippen LogP contribution >= 0.6 is 0 Å². The number of carbonyl (C=O) groups excluding carboxylic acids is 2. The molecule has 0 unspecified atom stereocenters. The number of hydrogen-bond acceptors (Lipinski definition) is 4. The largest absolute Gasteiger partial charge is 0.469 e. The molecule has 3 heterocycles. The van der Waals surface area contributed by atoms with Gasteiger partial charge in [0.15, 0.2) is 0 Å². The maximum absolute atomic E-state index is 13.1. The third kappa shape index (κ3) is 8.03. The summed E-state index contributed by atoms with van der Waals surface area (Å²) in [6.07, 6.45) is 19.3. The van der Waals surface area contributed by atoms with Crippen LogP contribution in [0.2, 0.25) is 0 Å². The van der Waals surface area contributed by atoms with Crippen LogP contribution < -0.4 is 14.5 Å². The number of nitrogens with one attached hydrogen (secondary N) is 1. The van der Waals surface area contributed by atoms with Crippen LogP contribution in [0.4, 0.5) is 0 Å². The quantitative estimate of drug-likeness (QED) is 0.199. The molecule has 0 aromatic carbocycles. The second-order valence-corrected chi connectivity index (χ2v) is 9.04. The minimum absolute atomic E-state index is 0.134. The summed E-state index contributed by atoms with van der Waals surface area (Å²) in [4.78, 5) is 29.2. The normalized spacial score (nSPS) is 11.0. The first-order valence-electron chi connectivity index (χ1n) is 13.1. The van der Waals surface area contributed by atoms with E-state index in [9.17, 15) is 9.59 Å². The first kappa shape index (κ1) is 27.1. The van der Waals surface area contributed by atoms with Gasteiger partial charge in [-0.2, -0.15) is 14.1 Å². The van der Waals surface area contributed by atoms with E-state index in [1.165, 1.54) is 7.11 Å². The Balaban J connectivity index is 1.76. The van der Waals surface area contributed by atoms with E-state index in [0.29, 0.717) is 30.2 Å². The van der Waals surface area contributed by atoms with Crippen molar-refractivity contribution in [2.24, 2.45) is 0 Å². The molecule has 0 aliphatic rings. The second-order valence-electron chi connectivity index (χ2n) is 9.04. The van der Waals surface area contributed by atoms with E-state index in [1.807, 2.05) is 58.7 Å². The summed E-state index contributed by atoms with van der Waals surface area (Å²) >= 11 is 0. The van der Waals surface area contributed by atoms with Crippen LogP contribution in [0.15, 0.2) is 49.6 Å². The van der Waals surface area contributed by atoms with Gasteiger partial charge in [-0.3, -0.25) is 9.59 Å². The van der Waals surface area contributed by atoms with E-state index in [1.54, 1.807) is 0 Å². The summed E-state index contributed by atoms with van der Waals surface area (Å²) < 4.78 is 12.9. The molecule has 1 N–H and O–H groups in total. The van der Waals surface area contributed by atoms with E-state index < -0.39 is 0 Å². The molecule has 9 nitrogen and oxygen atoms in total. The minimum atomic E-state index is -0.196. The van der Waals surface area contributed by atoms with Gasteiger partial charge in [-0.05, 0) is 25.7 Å². The predicted molar refractivity (Wildman–Crippen MR) is 136 cm³/mol. The van der Waals surface area contributed by atoms with Crippen LogP contribution in [0.1, 0.15) is 75.6 Å². The average molecular weight is 497 g/mol. The topological polar surface area (TPSA) is 85.9 Å². The summed E-state index contributed by atoms with van der Waals surface area (Å²) in [6, 6.07) is 3.66. The zero-order chi connectivity index (χ0) is 25.8. The van der Waals surface area contributed by atoms with Gasteiger partial charge in [0.05, 0.1) is 25.8 Å².